The number of aryl methyl sites for hydroxylation is 1. The first-order chi connectivity index (χ1) is 23.5. The zero-order valence-electron chi connectivity index (χ0n) is 28.6. The molecule has 7 nitrogen and oxygen atoms in total. The Morgan fingerprint density at radius 1 is 0.816 bits per heavy atom. The van der Waals surface area contributed by atoms with E-state index >= 15 is 0 Å². The lowest BCUT2D eigenvalue weighted by atomic mass is 9.77. The van der Waals surface area contributed by atoms with Crippen molar-refractivity contribution in [2.75, 3.05) is 7.11 Å². The molecular weight excluding hydrogens is 616 g/mol. The number of rotatable bonds is 10. The minimum atomic E-state index is -0.936. The molecule has 0 bridgehead atoms. The van der Waals surface area contributed by atoms with Crippen LogP contribution >= 0.6 is 0 Å². The third-order valence-electron chi connectivity index (χ3n) is 10.2. The largest absolute Gasteiger partial charge is 0.497 e. The van der Waals surface area contributed by atoms with Crippen LogP contribution in [0.3, 0.4) is 0 Å². The molecule has 7 heteroatoms. The molecule has 4 aromatic carbocycles. The van der Waals surface area contributed by atoms with Crippen molar-refractivity contribution >= 4 is 39.9 Å². The van der Waals surface area contributed by atoms with Crippen molar-refractivity contribution in [3.05, 3.63) is 106 Å². The molecule has 1 N–H and O–H groups in total. The number of methoxy groups -OCH3 is 1. The van der Waals surface area contributed by atoms with Gasteiger partial charge in [0.15, 0.2) is 11.6 Å². The van der Waals surface area contributed by atoms with Crippen LogP contribution in [0.1, 0.15) is 108 Å². The van der Waals surface area contributed by atoms with Crippen molar-refractivity contribution in [2.45, 2.75) is 84.2 Å². The highest BCUT2D eigenvalue weighted by Gasteiger charge is 2.30. The van der Waals surface area contributed by atoms with Crippen LogP contribution in [-0.4, -0.2) is 35.7 Å². The lowest BCUT2D eigenvalue weighted by Gasteiger charge is -2.28. The fourth-order valence-corrected chi connectivity index (χ4v) is 7.33. The summed E-state index contributed by atoms with van der Waals surface area (Å²) in [6.07, 6.45) is 7.13. The molecule has 2 atom stereocenters. The van der Waals surface area contributed by atoms with Crippen molar-refractivity contribution < 1.29 is 33.8 Å². The van der Waals surface area contributed by atoms with Gasteiger partial charge in [-0.15, -0.1) is 0 Å². The summed E-state index contributed by atoms with van der Waals surface area (Å²) in [4.78, 5) is 51.0. The van der Waals surface area contributed by atoms with Crippen LogP contribution in [-0.2, 0) is 38.6 Å². The summed E-state index contributed by atoms with van der Waals surface area (Å²) in [7, 11) is 1.62. The number of fused-ring (bicyclic) bond motifs is 2. The highest BCUT2D eigenvalue weighted by atomic mass is 16.5. The van der Waals surface area contributed by atoms with E-state index < -0.39 is 23.8 Å². The SMILES string of the molecule is COc1ccc2cc(C(C)C(=O)OCc3c4c(cc(C(C)C(=O)O)c3C3=CC(=O)CCC3)CCCC4)c(-c3ccc(C(C)=O)cc3)cc2c1. The minimum absolute atomic E-state index is 0.0139. The highest BCUT2D eigenvalue weighted by molar-refractivity contribution is 6.00. The molecule has 0 aromatic heterocycles. The Bertz CT molecular complexity index is 2000. The molecule has 0 aliphatic heterocycles. The first kappa shape index (κ1) is 33.8. The van der Waals surface area contributed by atoms with Crippen LogP contribution in [0.2, 0.25) is 0 Å². The van der Waals surface area contributed by atoms with E-state index in [-0.39, 0.29) is 18.2 Å². The van der Waals surface area contributed by atoms with Crippen LogP contribution in [0.5, 0.6) is 5.75 Å². The van der Waals surface area contributed by atoms with Crippen LogP contribution in [0.25, 0.3) is 27.5 Å². The van der Waals surface area contributed by atoms with E-state index in [0.717, 1.165) is 86.7 Å². The molecule has 252 valence electrons. The van der Waals surface area contributed by atoms with Crippen molar-refractivity contribution in [1.29, 1.82) is 0 Å². The van der Waals surface area contributed by atoms with Crippen molar-refractivity contribution in [2.24, 2.45) is 0 Å². The topological polar surface area (TPSA) is 107 Å². The van der Waals surface area contributed by atoms with Gasteiger partial charge in [0.2, 0.25) is 0 Å². The number of Topliss-reactive ketones (excluding diaryl/α,β-unsaturated/α-hetero) is 1. The van der Waals surface area contributed by atoms with E-state index in [2.05, 4.69) is 0 Å². The normalized spacial score (nSPS) is 15.6. The Morgan fingerprint density at radius 3 is 2.27 bits per heavy atom. The first-order valence-electron chi connectivity index (χ1n) is 17.1. The van der Waals surface area contributed by atoms with Gasteiger partial charge in [0.25, 0.3) is 0 Å². The smallest absolute Gasteiger partial charge is 0.313 e. The Labute approximate surface area is 286 Å². The number of aliphatic carboxylic acids is 1. The summed E-state index contributed by atoms with van der Waals surface area (Å²) in [6.45, 7) is 5.03. The second-order valence-corrected chi connectivity index (χ2v) is 13.3. The summed E-state index contributed by atoms with van der Waals surface area (Å²) in [5.74, 6) is -2.05. The van der Waals surface area contributed by atoms with E-state index in [1.54, 1.807) is 32.2 Å². The molecule has 49 heavy (non-hydrogen) atoms. The van der Waals surface area contributed by atoms with Gasteiger partial charge in [-0.2, -0.15) is 0 Å². The average molecular weight is 659 g/mol. The molecule has 4 aromatic rings. The number of carbonyl (C=O) groups is 4. The van der Waals surface area contributed by atoms with E-state index in [9.17, 15) is 24.3 Å². The summed E-state index contributed by atoms with van der Waals surface area (Å²) in [5, 5.41) is 12.0. The molecule has 0 amide bonds. The van der Waals surface area contributed by atoms with Gasteiger partial charge in [-0.05, 0) is 145 Å². The number of ether oxygens (including phenoxy) is 2. The van der Waals surface area contributed by atoms with Crippen LogP contribution < -0.4 is 4.74 Å². The van der Waals surface area contributed by atoms with Crippen molar-refractivity contribution in [3.8, 4) is 16.9 Å². The Kier molecular flexibility index (Phi) is 9.81. The molecule has 0 heterocycles. The predicted octanol–water partition coefficient (Wildman–Crippen LogP) is 8.77. The zero-order chi connectivity index (χ0) is 34.8. The molecule has 0 fully saturated rings. The maximum atomic E-state index is 14.1. The number of ketones is 2. The van der Waals surface area contributed by atoms with Gasteiger partial charge < -0.3 is 14.6 Å². The second-order valence-electron chi connectivity index (χ2n) is 13.3. The summed E-state index contributed by atoms with van der Waals surface area (Å²) in [6, 6.07) is 19.2. The number of benzene rings is 4. The summed E-state index contributed by atoms with van der Waals surface area (Å²) < 4.78 is 11.7. The number of hydrogen-bond donors (Lipinski definition) is 1. The molecular formula is C42H42O7. The van der Waals surface area contributed by atoms with Gasteiger partial charge in [0.05, 0.1) is 18.9 Å². The number of allylic oxidation sites excluding steroid dienone is 2. The predicted molar refractivity (Wildman–Crippen MR) is 190 cm³/mol. The Balaban J connectivity index is 1.41. The minimum Gasteiger partial charge on any atom is -0.497 e. The van der Waals surface area contributed by atoms with Gasteiger partial charge in [0, 0.05) is 17.5 Å². The van der Waals surface area contributed by atoms with Crippen LogP contribution in [0, 0.1) is 0 Å². The van der Waals surface area contributed by atoms with Gasteiger partial charge >= 0.3 is 11.9 Å². The quantitative estimate of drug-likeness (QED) is 0.134. The standard InChI is InChI=1S/C42H42O7/c1-24(41(45)46)37-21-30-8-5-6-11-35(30)39(40(37)31-9-7-10-33(44)18-31)23-49-42(47)25(2)36-20-29-16-17-34(48-4)19-32(29)22-38(36)28-14-12-27(13-15-28)26(3)43/h12-22,24-25H,5-11,23H2,1-4H3,(H,45,46). The summed E-state index contributed by atoms with van der Waals surface area (Å²) >= 11 is 0. The number of carboxylic acids is 1. The number of hydrogen-bond acceptors (Lipinski definition) is 6. The fraction of sp³-hybridized carbons (Fsp3) is 0.333. The number of carbonyl (C=O) groups excluding carboxylic acids is 3. The molecule has 0 saturated heterocycles. The average Bonchev–Trinajstić information content (AvgIpc) is 3.11. The number of esters is 1. The third kappa shape index (κ3) is 6.93. The molecule has 6 rings (SSSR count). The van der Waals surface area contributed by atoms with Crippen molar-refractivity contribution in [1.82, 2.24) is 0 Å². The molecule has 0 saturated carbocycles. The lowest BCUT2D eigenvalue weighted by Crippen LogP contribution is -2.20. The fourth-order valence-electron chi connectivity index (χ4n) is 7.33. The van der Waals surface area contributed by atoms with E-state index in [0.29, 0.717) is 30.4 Å². The van der Waals surface area contributed by atoms with Gasteiger partial charge in [-0.3, -0.25) is 19.2 Å². The van der Waals surface area contributed by atoms with E-state index in [1.165, 1.54) is 6.92 Å². The lowest BCUT2D eigenvalue weighted by molar-refractivity contribution is -0.146. The van der Waals surface area contributed by atoms with Gasteiger partial charge in [-0.25, -0.2) is 0 Å². The van der Waals surface area contributed by atoms with Crippen LogP contribution in [0.15, 0.2) is 66.7 Å². The molecule has 0 radical (unpaired) electrons. The maximum Gasteiger partial charge on any atom is 0.313 e. The Hall–Kier alpha value is -5.04. The van der Waals surface area contributed by atoms with E-state index in [4.69, 9.17) is 9.47 Å². The van der Waals surface area contributed by atoms with Crippen molar-refractivity contribution in [3.63, 3.8) is 0 Å². The Morgan fingerprint density at radius 2 is 1.57 bits per heavy atom. The monoisotopic (exact) mass is 658 g/mol. The van der Waals surface area contributed by atoms with Gasteiger partial charge in [-0.1, -0.05) is 36.4 Å². The first-order valence-corrected chi connectivity index (χ1v) is 17.1. The number of carboxylic acid groups (broad SMARTS) is 1. The van der Waals surface area contributed by atoms with Gasteiger partial charge in [0.1, 0.15) is 12.4 Å². The maximum absolute atomic E-state index is 14.1. The molecule has 2 aliphatic carbocycles. The second kappa shape index (κ2) is 14.2. The molecule has 0 spiro atoms. The van der Waals surface area contributed by atoms with E-state index in [1.807, 2.05) is 55.5 Å². The zero-order valence-corrected chi connectivity index (χ0v) is 28.6. The molecule has 2 aliphatic rings. The highest BCUT2D eigenvalue weighted by Crippen LogP contribution is 2.41. The summed E-state index contributed by atoms with van der Waals surface area (Å²) in [5.41, 5.74) is 8.40. The van der Waals surface area contributed by atoms with Crippen LogP contribution in [0.4, 0.5) is 0 Å². The third-order valence-corrected chi connectivity index (χ3v) is 10.2. The molecule has 2 unspecified atom stereocenters.